The van der Waals surface area contributed by atoms with Gasteiger partial charge in [0.25, 0.3) is 0 Å². The van der Waals surface area contributed by atoms with Crippen LogP contribution in [0.3, 0.4) is 0 Å². The monoisotopic (exact) mass is 332 g/mol. The van der Waals surface area contributed by atoms with Gasteiger partial charge in [0, 0.05) is 12.7 Å². The minimum absolute atomic E-state index is 0.0656. The first-order valence-corrected chi connectivity index (χ1v) is 8.72. The molecule has 0 radical (unpaired) electrons. The first-order valence-electron chi connectivity index (χ1n) is 8.72. The van der Waals surface area contributed by atoms with E-state index < -0.39 is 5.60 Å². The van der Waals surface area contributed by atoms with Crippen molar-refractivity contribution < 1.29 is 19.1 Å². The van der Waals surface area contributed by atoms with Crippen LogP contribution in [0.25, 0.3) is 0 Å². The molecule has 2 aliphatic rings. The number of hydrogen-bond acceptors (Lipinski definition) is 5. The molecule has 1 N–H and O–H groups in total. The van der Waals surface area contributed by atoms with Gasteiger partial charge in [-0.25, -0.2) is 0 Å². The lowest BCUT2D eigenvalue weighted by Crippen LogP contribution is -2.46. The van der Waals surface area contributed by atoms with E-state index in [0.29, 0.717) is 19.6 Å². The maximum Gasteiger partial charge on any atom is 0.307 e. The number of carbonyl (C=O) groups excluding carboxylic acids is 2. The maximum atomic E-state index is 12.5. The minimum Gasteiger partial charge on any atom is -0.492 e. The molecule has 1 aliphatic carbocycles. The molecule has 1 atom stereocenters. The molecule has 2 heterocycles. The first kappa shape index (κ1) is 16.7. The number of rotatable bonds is 6. The second kappa shape index (κ2) is 7.64. The Morgan fingerprint density at radius 3 is 2.96 bits per heavy atom. The number of amides is 1. The van der Waals surface area contributed by atoms with Crippen molar-refractivity contribution in [1.29, 1.82) is 0 Å². The Labute approximate surface area is 141 Å². The first-order chi connectivity index (χ1) is 11.7. The molecular formula is C18H24N2O4. The van der Waals surface area contributed by atoms with Crippen LogP contribution in [-0.4, -0.2) is 35.6 Å². The summed E-state index contributed by atoms with van der Waals surface area (Å²) in [4.78, 5) is 28.2. The molecule has 0 unspecified atom stereocenters. The van der Waals surface area contributed by atoms with Gasteiger partial charge in [-0.2, -0.15) is 0 Å². The van der Waals surface area contributed by atoms with Crippen LogP contribution in [0.5, 0.6) is 5.75 Å². The Balaban J connectivity index is 1.43. The third-order valence-electron chi connectivity index (χ3n) is 4.86. The molecule has 1 amide bonds. The van der Waals surface area contributed by atoms with E-state index in [-0.39, 0.29) is 24.2 Å². The van der Waals surface area contributed by atoms with Crippen molar-refractivity contribution in [2.45, 2.75) is 50.5 Å². The van der Waals surface area contributed by atoms with Crippen LogP contribution in [0, 0.1) is 5.92 Å². The van der Waals surface area contributed by atoms with Gasteiger partial charge in [0.1, 0.15) is 11.4 Å². The van der Waals surface area contributed by atoms with Gasteiger partial charge in [0.15, 0.2) is 0 Å². The standard InChI is InChI=1S/C18H24N2O4/c21-16-12-15(18(24-16)7-2-1-3-8-18)17(22)20-10-5-11-23-14-6-4-9-19-13-14/h4,6,9,13,15H,1-3,5,7-8,10-12H2,(H,20,22)/t15-/m1/s1. The highest BCUT2D eigenvalue weighted by molar-refractivity contribution is 5.87. The molecule has 6 nitrogen and oxygen atoms in total. The average molecular weight is 332 g/mol. The molecule has 1 aromatic rings. The number of ether oxygens (including phenoxy) is 2. The second-order valence-electron chi connectivity index (χ2n) is 6.54. The smallest absolute Gasteiger partial charge is 0.307 e. The van der Waals surface area contributed by atoms with Crippen molar-refractivity contribution in [1.82, 2.24) is 10.3 Å². The Morgan fingerprint density at radius 1 is 1.38 bits per heavy atom. The van der Waals surface area contributed by atoms with E-state index in [1.807, 2.05) is 12.1 Å². The Morgan fingerprint density at radius 2 is 2.21 bits per heavy atom. The van der Waals surface area contributed by atoms with Gasteiger partial charge in [0.05, 0.1) is 25.1 Å². The number of nitrogens with one attached hydrogen (secondary N) is 1. The van der Waals surface area contributed by atoms with Crippen LogP contribution in [0.1, 0.15) is 44.9 Å². The van der Waals surface area contributed by atoms with Gasteiger partial charge in [-0.3, -0.25) is 14.6 Å². The zero-order chi connectivity index (χ0) is 16.8. The predicted octanol–water partition coefficient (Wildman–Crippen LogP) is 2.23. The Bertz CT molecular complexity index is 570. The highest BCUT2D eigenvalue weighted by Gasteiger charge is 2.52. The number of esters is 1. The van der Waals surface area contributed by atoms with Crippen LogP contribution >= 0.6 is 0 Å². The van der Waals surface area contributed by atoms with Crippen molar-refractivity contribution >= 4 is 11.9 Å². The lowest BCUT2D eigenvalue weighted by atomic mass is 9.75. The van der Waals surface area contributed by atoms with Crippen LogP contribution in [0.4, 0.5) is 0 Å². The second-order valence-corrected chi connectivity index (χ2v) is 6.54. The fourth-order valence-corrected chi connectivity index (χ4v) is 3.65. The van der Waals surface area contributed by atoms with E-state index in [9.17, 15) is 9.59 Å². The van der Waals surface area contributed by atoms with Crippen LogP contribution in [0.2, 0.25) is 0 Å². The van der Waals surface area contributed by atoms with Crippen molar-refractivity contribution in [2.75, 3.05) is 13.2 Å². The summed E-state index contributed by atoms with van der Waals surface area (Å²) < 4.78 is 11.1. The molecule has 1 aromatic heterocycles. The third kappa shape index (κ3) is 3.86. The fraction of sp³-hybridized carbons (Fsp3) is 0.611. The van der Waals surface area contributed by atoms with E-state index in [1.165, 1.54) is 0 Å². The maximum absolute atomic E-state index is 12.5. The summed E-state index contributed by atoms with van der Waals surface area (Å²) in [7, 11) is 0. The highest BCUT2D eigenvalue weighted by Crippen LogP contribution is 2.44. The third-order valence-corrected chi connectivity index (χ3v) is 4.86. The number of aromatic nitrogens is 1. The molecule has 24 heavy (non-hydrogen) atoms. The molecule has 0 aromatic carbocycles. The number of nitrogens with zero attached hydrogens (tertiary/aromatic N) is 1. The number of carbonyl (C=O) groups is 2. The molecule has 1 saturated carbocycles. The van der Waals surface area contributed by atoms with Gasteiger partial charge >= 0.3 is 5.97 Å². The van der Waals surface area contributed by atoms with E-state index >= 15 is 0 Å². The Kier molecular flexibility index (Phi) is 5.33. The highest BCUT2D eigenvalue weighted by atomic mass is 16.6. The zero-order valence-corrected chi connectivity index (χ0v) is 13.8. The number of pyridine rings is 1. The normalized spacial score (nSPS) is 22.2. The lowest BCUT2D eigenvalue weighted by Gasteiger charge is -2.36. The topological polar surface area (TPSA) is 77.5 Å². The molecule has 130 valence electrons. The molecule has 0 bridgehead atoms. The fourth-order valence-electron chi connectivity index (χ4n) is 3.65. The molecule has 3 rings (SSSR count). The summed E-state index contributed by atoms with van der Waals surface area (Å²) in [6.45, 7) is 1.04. The molecule has 1 spiro atoms. The lowest BCUT2D eigenvalue weighted by molar-refractivity contribution is -0.153. The van der Waals surface area contributed by atoms with Crippen LogP contribution in [-0.2, 0) is 14.3 Å². The van der Waals surface area contributed by atoms with Crippen molar-refractivity contribution in [3.63, 3.8) is 0 Å². The number of hydrogen-bond donors (Lipinski definition) is 1. The quantitative estimate of drug-likeness (QED) is 0.638. The largest absolute Gasteiger partial charge is 0.492 e. The van der Waals surface area contributed by atoms with E-state index in [0.717, 1.165) is 37.9 Å². The molecule has 6 heteroatoms. The molecule has 2 fully saturated rings. The predicted molar refractivity (Wildman–Crippen MR) is 87.4 cm³/mol. The molecule has 1 aliphatic heterocycles. The van der Waals surface area contributed by atoms with Gasteiger partial charge in [-0.05, 0) is 44.2 Å². The molecular weight excluding hydrogens is 308 g/mol. The summed E-state index contributed by atoms with van der Waals surface area (Å²) in [5, 5.41) is 2.94. The summed E-state index contributed by atoms with van der Waals surface area (Å²) in [6, 6.07) is 3.66. The summed E-state index contributed by atoms with van der Waals surface area (Å²) >= 11 is 0. The SMILES string of the molecule is O=C1C[C@H](C(=O)NCCCOc2cccnc2)C2(CCCCC2)O1. The van der Waals surface area contributed by atoms with E-state index in [1.54, 1.807) is 12.4 Å². The Hall–Kier alpha value is -2.11. The van der Waals surface area contributed by atoms with Crippen molar-refractivity contribution in [2.24, 2.45) is 5.92 Å². The van der Waals surface area contributed by atoms with Crippen LogP contribution < -0.4 is 10.1 Å². The van der Waals surface area contributed by atoms with Gasteiger partial charge in [-0.15, -0.1) is 0 Å². The summed E-state index contributed by atoms with van der Waals surface area (Å²) in [6.07, 6.45) is 9.08. The minimum atomic E-state index is -0.550. The van der Waals surface area contributed by atoms with Gasteiger partial charge < -0.3 is 14.8 Å². The van der Waals surface area contributed by atoms with E-state index in [4.69, 9.17) is 9.47 Å². The van der Waals surface area contributed by atoms with Crippen molar-refractivity contribution in [3.05, 3.63) is 24.5 Å². The van der Waals surface area contributed by atoms with Gasteiger partial charge in [0.2, 0.25) is 5.91 Å². The average Bonchev–Trinajstić information content (AvgIpc) is 2.91. The molecule has 1 saturated heterocycles. The van der Waals surface area contributed by atoms with E-state index in [2.05, 4.69) is 10.3 Å². The van der Waals surface area contributed by atoms with Crippen molar-refractivity contribution in [3.8, 4) is 5.75 Å². The summed E-state index contributed by atoms with van der Waals surface area (Å²) in [5.41, 5.74) is -0.550. The zero-order valence-electron chi connectivity index (χ0n) is 13.8. The van der Waals surface area contributed by atoms with Gasteiger partial charge in [-0.1, -0.05) is 6.42 Å². The van der Waals surface area contributed by atoms with Crippen LogP contribution in [0.15, 0.2) is 24.5 Å². The summed E-state index contributed by atoms with van der Waals surface area (Å²) in [5.74, 6) is 0.0744.